The summed E-state index contributed by atoms with van der Waals surface area (Å²) in [6.45, 7) is 7.29. The van der Waals surface area contributed by atoms with Crippen LogP contribution >= 0.6 is 0 Å². The van der Waals surface area contributed by atoms with Gasteiger partial charge in [-0.2, -0.15) is 0 Å². The van der Waals surface area contributed by atoms with Gasteiger partial charge in [0.2, 0.25) is 0 Å². The maximum atomic E-state index is 12.5. The van der Waals surface area contributed by atoms with E-state index >= 15 is 0 Å². The summed E-state index contributed by atoms with van der Waals surface area (Å²) in [5, 5.41) is 3.27. The maximum absolute atomic E-state index is 12.5. The van der Waals surface area contributed by atoms with Crippen molar-refractivity contribution in [3.05, 3.63) is 35.9 Å². The molecular formula is C21H33N3O. The second kappa shape index (κ2) is 9.23. The first-order chi connectivity index (χ1) is 12.2. The van der Waals surface area contributed by atoms with Crippen molar-refractivity contribution < 1.29 is 4.79 Å². The number of amides is 2. The van der Waals surface area contributed by atoms with E-state index in [1.54, 1.807) is 0 Å². The number of carbonyl (C=O) groups is 1. The molecule has 2 amide bonds. The molecule has 3 rings (SSSR count). The molecule has 1 N–H and O–H groups in total. The van der Waals surface area contributed by atoms with E-state index in [-0.39, 0.29) is 6.03 Å². The van der Waals surface area contributed by atoms with Gasteiger partial charge in [-0.25, -0.2) is 4.79 Å². The van der Waals surface area contributed by atoms with Crippen LogP contribution in [0.25, 0.3) is 0 Å². The van der Waals surface area contributed by atoms with Crippen LogP contribution in [0.1, 0.15) is 44.6 Å². The molecule has 0 radical (unpaired) electrons. The lowest BCUT2D eigenvalue weighted by Gasteiger charge is -2.36. The van der Waals surface area contributed by atoms with Crippen molar-refractivity contribution in [2.75, 3.05) is 32.7 Å². The number of nitrogens with one attached hydrogen (secondary N) is 1. The minimum absolute atomic E-state index is 0.157. The van der Waals surface area contributed by atoms with E-state index in [0.29, 0.717) is 6.04 Å². The fraction of sp³-hybridized carbons (Fsp3) is 0.667. The first-order valence-electron chi connectivity index (χ1n) is 10.1. The second-order valence-electron chi connectivity index (χ2n) is 7.64. The highest BCUT2D eigenvalue weighted by Gasteiger charge is 2.26. The number of carbonyl (C=O) groups excluding carboxylic acids is 1. The molecule has 4 nitrogen and oxygen atoms in total. The van der Waals surface area contributed by atoms with Crippen LogP contribution in [0, 0.1) is 5.92 Å². The molecule has 2 saturated heterocycles. The Bertz CT molecular complexity index is 525. The lowest BCUT2D eigenvalue weighted by atomic mass is 9.90. The molecule has 1 aromatic carbocycles. The zero-order valence-electron chi connectivity index (χ0n) is 15.6. The first-order valence-corrected chi connectivity index (χ1v) is 10.1. The fourth-order valence-corrected chi connectivity index (χ4v) is 4.17. The minimum Gasteiger partial charge on any atom is -0.334 e. The Morgan fingerprint density at radius 1 is 1.12 bits per heavy atom. The fourth-order valence-electron chi connectivity index (χ4n) is 4.17. The van der Waals surface area contributed by atoms with Crippen molar-refractivity contribution >= 4 is 6.03 Å². The molecule has 1 atom stereocenters. The van der Waals surface area contributed by atoms with E-state index in [4.69, 9.17) is 0 Å². The lowest BCUT2D eigenvalue weighted by Crippen LogP contribution is -2.52. The monoisotopic (exact) mass is 343 g/mol. The summed E-state index contributed by atoms with van der Waals surface area (Å²) < 4.78 is 0. The van der Waals surface area contributed by atoms with Crippen LogP contribution in [-0.4, -0.2) is 54.6 Å². The van der Waals surface area contributed by atoms with Gasteiger partial charge in [-0.1, -0.05) is 37.3 Å². The van der Waals surface area contributed by atoms with E-state index < -0.39 is 0 Å². The Kier molecular flexibility index (Phi) is 6.74. The number of benzene rings is 1. The number of hydrogen-bond donors (Lipinski definition) is 1. The summed E-state index contributed by atoms with van der Waals surface area (Å²) in [5.74, 6) is 0.759. The lowest BCUT2D eigenvalue weighted by molar-refractivity contribution is 0.151. The van der Waals surface area contributed by atoms with Gasteiger partial charge in [0.05, 0.1) is 0 Å². The highest BCUT2D eigenvalue weighted by molar-refractivity contribution is 5.74. The number of likely N-dealkylation sites (tertiary alicyclic amines) is 2. The number of rotatable bonds is 5. The van der Waals surface area contributed by atoms with Crippen LogP contribution in [0.3, 0.4) is 0 Å². The Balaban J connectivity index is 1.37. The van der Waals surface area contributed by atoms with Gasteiger partial charge in [-0.05, 0) is 63.1 Å². The van der Waals surface area contributed by atoms with Crippen LogP contribution < -0.4 is 5.32 Å². The van der Waals surface area contributed by atoms with Crippen molar-refractivity contribution in [3.8, 4) is 0 Å². The van der Waals surface area contributed by atoms with Gasteiger partial charge in [0.1, 0.15) is 0 Å². The summed E-state index contributed by atoms with van der Waals surface area (Å²) in [6, 6.07) is 11.2. The number of aryl methyl sites for hydroxylation is 1. The molecule has 2 aliphatic heterocycles. The third-order valence-corrected chi connectivity index (χ3v) is 5.87. The summed E-state index contributed by atoms with van der Waals surface area (Å²) in [5.41, 5.74) is 1.43. The topological polar surface area (TPSA) is 35.6 Å². The van der Waals surface area contributed by atoms with Crippen molar-refractivity contribution in [2.45, 2.75) is 51.5 Å². The zero-order chi connectivity index (χ0) is 17.5. The Labute approximate surface area is 152 Å². The molecule has 1 aromatic rings. The van der Waals surface area contributed by atoms with Crippen molar-refractivity contribution in [1.82, 2.24) is 15.1 Å². The molecule has 2 fully saturated rings. The van der Waals surface area contributed by atoms with Crippen LogP contribution in [-0.2, 0) is 6.42 Å². The van der Waals surface area contributed by atoms with Crippen molar-refractivity contribution in [2.24, 2.45) is 5.92 Å². The van der Waals surface area contributed by atoms with E-state index in [0.717, 1.165) is 57.8 Å². The van der Waals surface area contributed by atoms with E-state index in [1.165, 1.54) is 24.9 Å². The molecule has 0 spiro atoms. The maximum Gasteiger partial charge on any atom is 0.317 e. The van der Waals surface area contributed by atoms with E-state index in [9.17, 15) is 4.79 Å². The van der Waals surface area contributed by atoms with Gasteiger partial charge in [0.15, 0.2) is 0 Å². The van der Waals surface area contributed by atoms with Gasteiger partial charge >= 0.3 is 6.03 Å². The molecule has 4 heteroatoms. The predicted molar refractivity (Wildman–Crippen MR) is 103 cm³/mol. The molecule has 2 heterocycles. The van der Waals surface area contributed by atoms with E-state index in [1.807, 2.05) is 4.90 Å². The van der Waals surface area contributed by atoms with E-state index in [2.05, 4.69) is 47.5 Å². The Hall–Kier alpha value is -1.55. The average molecular weight is 344 g/mol. The molecule has 0 bridgehead atoms. The average Bonchev–Trinajstić information content (AvgIpc) is 2.67. The summed E-state index contributed by atoms with van der Waals surface area (Å²) >= 11 is 0. The molecule has 0 aromatic heterocycles. The van der Waals surface area contributed by atoms with Crippen molar-refractivity contribution in [3.63, 3.8) is 0 Å². The van der Waals surface area contributed by atoms with Crippen LogP contribution in [0.15, 0.2) is 30.3 Å². The number of urea groups is 1. The number of nitrogens with zero attached hydrogens (tertiary/aromatic N) is 2. The molecule has 25 heavy (non-hydrogen) atoms. The summed E-state index contributed by atoms with van der Waals surface area (Å²) in [7, 11) is 0. The van der Waals surface area contributed by atoms with Crippen LogP contribution in [0.2, 0.25) is 0 Å². The SMILES string of the molecule is CCN1CCCC(NC(=O)N2CCC(CCc3ccccc3)CC2)C1. The standard InChI is InChI=1S/C21H33N3O/c1-2-23-14-6-9-20(17-23)22-21(25)24-15-12-19(13-16-24)11-10-18-7-4-3-5-8-18/h3-5,7-8,19-20H,2,6,9-17H2,1H3,(H,22,25). The molecule has 0 saturated carbocycles. The number of hydrogen-bond acceptors (Lipinski definition) is 2. The number of likely N-dealkylation sites (N-methyl/N-ethyl adjacent to an activating group) is 1. The van der Waals surface area contributed by atoms with Gasteiger partial charge in [0, 0.05) is 25.7 Å². The van der Waals surface area contributed by atoms with Gasteiger partial charge < -0.3 is 15.1 Å². The minimum atomic E-state index is 0.157. The third-order valence-electron chi connectivity index (χ3n) is 5.87. The first kappa shape index (κ1) is 18.2. The van der Waals surface area contributed by atoms with Gasteiger partial charge in [-0.15, -0.1) is 0 Å². The van der Waals surface area contributed by atoms with Gasteiger partial charge in [-0.3, -0.25) is 0 Å². The molecule has 2 aliphatic rings. The molecular weight excluding hydrogens is 310 g/mol. The Morgan fingerprint density at radius 2 is 1.88 bits per heavy atom. The quantitative estimate of drug-likeness (QED) is 0.888. The molecule has 1 unspecified atom stereocenters. The molecule has 0 aliphatic carbocycles. The summed E-state index contributed by atoms with van der Waals surface area (Å²) in [6.07, 6.45) is 7.01. The van der Waals surface area contributed by atoms with Crippen LogP contribution in [0.5, 0.6) is 0 Å². The van der Waals surface area contributed by atoms with Gasteiger partial charge in [0.25, 0.3) is 0 Å². The number of piperidine rings is 2. The largest absolute Gasteiger partial charge is 0.334 e. The zero-order valence-corrected chi connectivity index (χ0v) is 15.6. The normalized spacial score (nSPS) is 22.8. The Morgan fingerprint density at radius 3 is 2.60 bits per heavy atom. The highest BCUT2D eigenvalue weighted by atomic mass is 16.2. The third kappa shape index (κ3) is 5.46. The smallest absolute Gasteiger partial charge is 0.317 e. The van der Waals surface area contributed by atoms with Crippen molar-refractivity contribution in [1.29, 1.82) is 0 Å². The molecule has 138 valence electrons. The second-order valence-corrected chi connectivity index (χ2v) is 7.64. The highest BCUT2D eigenvalue weighted by Crippen LogP contribution is 2.22. The predicted octanol–water partition coefficient (Wildman–Crippen LogP) is 3.53. The summed E-state index contributed by atoms with van der Waals surface area (Å²) in [4.78, 5) is 17.0. The van der Waals surface area contributed by atoms with Crippen LogP contribution in [0.4, 0.5) is 4.79 Å².